The molecule has 3 aromatic rings. The lowest BCUT2D eigenvalue weighted by molar-refractivity contribution is 0.101. The van der Waals surface area contributed by atoms with Gasteiger partial charge in [0.05, 0.1) is 5.01 Å². The summed E-state index contributed by atoms with van der Waals surface area (Å²) in [7, 11) is 1.77. The van der Waals surface area contributed by atoms with Crippen molar-refractivity contribution in [1.82, 2.24) is 14.5 Å². The topological polar surface area (TPSA) is 76.9 Å². The molecule has 26 heavy (non-hydrogen) atoms. The Kier molecular flexibility index (Phi) is 4.99. The number of nitrogens with one attached hydrogen (secondary N) is 1. The molecule has 0 bridgehead atoms. The molecule has 3 rings (SSSR count). The fraction of sp³-hybridized carbons (Fsp3) is 0.263. The Bertz CT molecular complexity index is 972. The first-order chi connectivity index (χ1) is 12.4. The molecular weight excluding hydrogens is 348 g/mol. The molecule has 0 aliphatic rings. The van der Waals surface area contributed by atoms with Crippen molar-refractivity contribution in [2.45, 2.75) is 26.7 Å². The number of anilines is 1. The van der Waals surface area contributed by atoms with Crippen molar-refractivity contribution >= 4 is 28.7 Å². The summed E-state index contributed by atoms with van der Waals surface area (Å²) in [5, 5.41) is 3.71. The third-order valence-electron chi connectivity index (χ3n) is 3.91. The molecule has 7 heteroatoms. The number of benzene rings is 1. The lowest BCUT2D eigenvalue weighted by Gasteiger charge is -2.08. The number of aromatic nitrogens is 3. The molecule has 2 aromatic heterocycles. The largest absolute Gasteiger partial charge is 0.331 e. The van der Waals surface area contributed by atoms with E-state index < -0.39 is 0 Å². The second kappa shape index (κ2) is 7.21. The number of hydrogen-bond donors (Lipinski definition) is 1. The molecular formula is C19H20N4O2S. The molecule has 6 nitrogen and oxygen atoms in total. The van der Waals surface area contributed by atoms with E-state index >= 15 is 0 Å². The number of thiazole rings is 1. The Hall–Kier alpha value is -2.80. The molecule has 0 saturated carbocycles. The Balaban J connectivity index is 1.84. The van der Waals surface area contributed by atoms with Crippen LogP contribution in [0.25, 0.3) is 0 Å². The van der Waals surface area contributed by atoms with E-state index in [-0.39, 0.29) is 17.6 Å². The molecule has 0 saturated heterocycles. The minimum atomic E-state index is -0.264. The highest BCUT2D eigenvalue weighted by Crippen LogP contribution is 2.27. The van der Waals surface area contributed by atoms with Gasteiger partial charge in [-0.2, -0.15) is 0 Å². The minimum Gasteiger partial charge on any atom is -0.331 e. The summed E-state index contributed by atoms with van der Waals surface area (Å²) in [6, 6.07) is 6.85. The van der Waals surface area contributed by atoms with Gasteiger partial charge in [0.1, 0.15) is 5.69 Å². The summed E-state index contributed by atoms with van der Waals surface area (Å²) in [5.74, 6) is 0.115. The second-order valence-electron chi connectivity index (χ2n) is 6.33. The standard InChI is InChI=1S/C19H20N4O2S/c1-11(2)17-15(21-12(3)26-17)19(25)22-14-7-5-6-13(10-14)16(24)18-20-8-9-23(18)4/h5-11H,1-4H3,(H,22,25). The van der Waals surface area contributed by atoms with Crippen LogP contribution in [0.4, 0.5) is 5.69 Å². The Morgan fingerprint density at radius 2 is 2.04 bits per heavy atom. The Morgan fingerprint density at radius 3 is 2.69 bits per heavy atom. The summed E-state index contributed by atoms with van der Waals surface area (Å²) in [4.78, 5) is 34.6. The molecule has 0 spiro atoms. The van der Waals surface area contributed by atoms with E-state index in [0.29, 0.717) is 22.8 Å². The van der Waals surface area contributed by atoms with Gasteiger partial charge in [-0.15, -0.1) is 11.3 Å². The average Bonchev–Trinajstić information content (AvgIpc) is 3.20. The summed E-state index contributed by atoms with van der Waals surface area (Å²) in [6.07, 6.45) is 3.30. The van der Waals surface area contributed by atoms with Crippen molar-refractivity contribution in [1.29, 1.82) is 0 Å². The molecule has 0 fully saturated rings. The van der Waals surface area contributed by atoms with E-state index in [2.05, 4.69) is 15.3 Å². The maximum Gasteiger partial charge on any atom is 0.275 e. The number of hydrogen-bond acceptors (Lipinski definition) is 5. The van der Waals surface area contributed by atoms with Crippen LogP contribution in [-0.2, 0) is 7.05 Å². The third-order valence-corrected chi connectivity index (χ3v) is 5.18. The van der Waals surface area contributed by atoms with Crippen LogP contribution in [0.15, 0.2) is 36.7 Å². The zero-order valence-electron chi connectivity index (χ0n) is 15.1. The van der Waals surface area contributed by atoms with Crippen molar-refractivity contribution < 1.29 is 9.59 Å². The van der Waals surface area contributed by atoms with Crippen LogP contribution in [0.3, 0.4) is 0 Å². The van der Waals surface area contributed by atoms with Crippen molar-refractivity contribution in [2.24, 2.45) is 7.05 Å². The zero-order chi connectivity index (χ0) is 18.8. The molecule has 0 aliphatic carbocycles. The Morgan fingerprint density at radius 1 is 1.27 bits per heavy atom. The Labute approximate surface area is 155 Å². The fourth-order valence-electron chi connectivity index (χ4n) is 2.64. The smallest absolute Gasteiger partial charge is 0.275 e. The number of carbonyl (C=O) groups excluding carboxylic acids is 2. The summed E-state index contributed by atoms with van der Waals surface area (Å²) >= 11 is 1.53. The zero-order valence-corrected chi connectivity index (χ0v) is 15.9. The van der Waals surface area contributed by atoms with Gasteiger partial charge in [0.25, 0.3) is 5.91 Å². The number of amides is 1. The molecule has 1 N–H and O–H groups in total. The van der Waals surface area contributed by atoms with Gasteiger partial charge in [0, 0.05) is 35.6 Å². The molecule has 1 amide bonds. The summed E-state index contributed by atoms with van der Waals surface area (Å²) < 4.78 is 1.67. The van der Waals surface area contributed by atoms with Crippen molar-refractivity contribution in [3.05, 3.63) is 63.6 Å². The van der Waals surface area contributed by atoms with Crippen LogP contribution in [0.1, 0.15) is 56.3 Å². The first-order valence-electron chi connectivity index (χ1n) is 8.27. The van der Waals surface area contributed by atoms with Crippen LogP contribution in [0, 0.1) is 6.92 Å². The van der Waals surface area contributed by atoms with Gasteiger partial charge < -0.3 is 9.88 Å². The summed E-state index contributed by atoms with van der Waals surface area (Å²) in [6.45, 7) is 5.96. The first kappa shape index (κ1) is 18.0. The van der Waals surface area contributed by atoms with Gasteiger partial charge in [-0.3, -0.25) is 9.59 Å². The quantitative estimate of drug-likeness (QED) is 0.695. The van der Waals surface area contributed by atoms with Crippen LogP contribution in [0.5, 0.6) is 0 Å². The van der Waals surface area contributed by atoms with Gasteiger partial charge in [0.15, 0.2) is 5.82 Å². The van der Waals surface area contributed by atoms with Gasteiger partial charge in [0.2, 0.25) is 5.78 Å². The predicted molar refractivity (Wildman–Crippen MR) is 102 cm³/mol. The van der Waals surface area contributed by atoms with Crippen LogP contribution in [0.2, 0.25) is 0 Å². The number of aryl methyl sites for hydroxylation is 2. The SMILES string of the molecule is Cc1nc(C(=O)Nc2cccc(C(=O)c3nccn3C)c2)c(C(C)C)s1. The number of nitrogens with zero attached hydrogens (tertiary/aromatic N) is 3. The molecule has 0 atom stereocenters. The molecule has 0 aliphatic heterocycles. The first-order valence-corrected chi connectivity index (χ1v) is 9.09. The highest BCUT2D eigenvalue weighted by Gasteiger charge is 2.20. The average molecular weight is 368 g/mol. The van der Waals surface area contributed by atoms with Gasteiger partial charge in [-0.25, -0.2) is 9.97 Å². The van der Waals surface area contributed by atoms with E-state index in [1.807, 2.05) is 20.8 Å². The van der Waals surface area contributed by atoms with E-state index in [4.69, 9.17) is 0 Å². The molecule has 2 heterocycles. The molecule has 1 aromatic carbocycles. The lowest BCUT2D eigenvalue weighted by Crippen LogP contribution is -2.15. The van der Waals surface area contributed by atoms with Crippen LogP contribution >= 0.6 is 11.3 Å². The number of rotatable bonds is 5. The minimum absolute atomic E-state index is 0.194. The third kappa shape index (κ3) is 3.57. The maximum atomic E-state index is 12.6. The van der Waals surface area contributed by atoms with Crippen molar-refractivity contribution in [2.75, 3.05) is 5.32 Å². The monoisotopic (exact) mass is 368 g/mol. The highest BCUT2D eigenvalue weighted by molar-refractivity contribution is 7.12. The van der Waals surface area contributed by atoms with Crippen molar-refractivity contribution in [3.8, 4) is 0 Å². The lowest BCUT2D eigenvalue weighted by atomic mass is 10.1. The van der Waals surface area contributed by atoms with Gasteiger partial charge in [-0.05, 0) is 25.0 Å². The van der Waals surface area contributed by atoms with E-state index in [1.165, 1.54) is 11.3 Å². The van der Waals surface area contributed by atoms with Crippen LogP contribution < -0.4 is 5.32 Å². The predicted octanol–water partition coefficient (Wildman–Crippen LogP) is 3.79. The van der Waals surface area contributed by atoms with E-state index in [9.17, 15) is 9.59 Å². The van der Waals surface area contributed by atoms with Crippen molar-refractivity contribution in [3.63, 3.8) is 0 Å². The van der Waals surface area contributed by atoms with Crippen LogP contribution in [-0.4, -0.2) is 26.2 Å². The number of ketones is 1. The molecule has 134 valence electrons. The normalized spacial score (nSPS) is 11.0. The summed E-state index contributed by atoms with van der Waals surface area (Å²) in [5.41, 5.74) is 1.47. The van der Waals surface area contributed by atoms with Gasteiger partial charge in [-0.1, -0.05) is 26.0 Å². The molecule has 0 unspecified atom stereocenters. The van der Waals surface area contributed by atoms with E-state index in [0.717, 1.165) is 9.88 Å². The number of carbonyl (C=O) groups is 2. The molecule has 0 radical (unpaired) electrons. The highest BCUT2D eigenvalue weighted by atomic mass is 32.1. The van der Waals surface area contributed by atoms with E-state index in [1.54, 1.807) is 48.3 Å². The maximum absolute atomic E-state index is 12.6. The second-order valence-corrected chi connectivity index (χ2v) is 7.56. The van der Waals surface area contributed by atoms with Gasteiger partial charge >= 0.3 is 0 Å². The fourth-order valence-corrected chi connectivity index (χ4v) is 3.56. The number of imidazole rings is 1.